The number of aryl methyl sites for hydroxylation is 1. The van der Waals surface area contributed by atoms with Crippen LogP contribution in [0.5, 0.6) is 0 Å². The molecule has 18 heavy (non-hydrogen) atoms. The van der Waals surface area contributed by atoms with Crippen LogP contribution in [-0.4, -0.2) is 22.7 Å². The Morgan fingerprint density at radius 2 is 2.06 bits per heavy atom. The molecule has 0 unspecified atom stereocenters. The Bertz CT molecular complexity index is 625. The maximum absolute atomic E-state index is 11.6. The van der Waals surface area contributed by atoms with Gasteiger partial charge in [0.15, 0.2) is 0 Å². The molecule has 5 heteroatoms. The van der Waals surface area contributed by atoms with Gasteiger partial charge in [-0.05, 0) is 11.6 Å². The largest absolute Gasteiger partial charge is 0.384 e. The third kappa shape index (κ3) is 1.48. The molecule has 2 heterocycles. The first-order valence-electron chi connectivity index (χ1n) is 5.75. The molecule has 0 atom stereocenters. The number of benzene rings is 1. The van der Waals surface area contributed by atoms with Crippen LogP contribution in [0.3, 0.4) is 0 Å². The molecular formula is C13H14N4O. The SMILES string of the molecule is CN1C(=O)Cc2ccc(-c3cc(N)n(C)n3)cc21. The number of nitrogens with two attached hydrogens (primary N) is 1. The van der Waals surface area contributed by atoms with Crippen molar-refractivity contribution in [2.24, 2.45) is 7.05 Å². The second kappa shape index (κ2) is 3.60. The number of fused-ring (bicyclic) bond motifs is 1. The Balaban J connectivity index is 2.08. The number of likely N-dealkylation sites (N-methyl/N-ethyl adjacent to an activating group) is 1. The molecule has 0 fully saturated rings. The highest BCUT2D eigenvalue weighted by Crippen LogP contribution is 2.32. The number of carbonyl (C=O) groups is 1. The van der Waals surface area contributed by atoms with E-state index in [-0.39, 0.29) is 5.91 Å². The van der Waals surface area contributed by atoms with Crippen LogP contribution in [0.15, 0.2) is 24.3 Å². The summed E-state index contributed by atoms with van der Waals surface area (Å²) in [6.45, 7) is 0. The number of aromatic nitrogens is 2. The van der Waals surface area contributed by atoms with Gasteiger partial charge in [-0.15, -0.1) is 0 Å². The van der Waals surface area contributed by atoms with Crippen molar-refractivity contribution in [3.8, 4) is 11.3 Å². The molecule has 1 aliphatic rings. The van der Waals surface area contributed by atoms with Crippen molar-refractivity contribution in [1.29, 1.82) is 0 Å². The maximum atomic E-state index is 11.6. The molecule has 3 rings (SSSR count). The normalized spacial score (nSPS) is 14.1. The topological polar surface area (TPSA) is 64.2 Å². The fourth-order valence-corrected chi connectivity index (χ4v) is 2.22. The smallest absolute Gasteiger partial charge is 0.231 e. The number of carbonyl (C=O) groups excluding carboxylic acids is 1. The fourth-order valence-electron chi connectivity index (χ4n) is 2.22. The Labute approximate surface area is 105 Å². The average Bonchev–Trinajstić information content (AvgIpc) is 2.82. The van der Waals surface area contributed by atoms with E-state index >= 15 is 0 Å². The van der Waals surface area contributed by atoms with Crippen LogP contribution < -0.4 is 10.6 Å². The summed E-state index contributed by atoms with van der Waals surface area (Å²) >= 11 is 0. The van der Waals surface area contributed by atoms with Gasteiger partial charge in [-0.1, -0.05) is 12.1 Å². The molecule has 5 nitrogen and oxygen atoms in total. The minimum atomic E-state index is 0.127. The van der Waals surface area contributed by atoms with Gasteiger partial charge in [0.25, 0.3) is 0 Å². The van der Waals surface area contributed by atoms with Gasteiger partial charge in [-0.2, -0.15) is 5.10 Å². The van der Waals surface area contributed by atoms with Crippen LogP contribution in [0.25, 0.3) is 11.3 Å². The monoisotopic (exact) mass is 242 g/mol. The van der Waals surface area contributed by atoms with Crippen molar-refractivity contribution >= 4 is 17.4 Å². The van der Waals surface area contributed by atoms with E-state index in [1.807, 2.05) is 31.3 Å². The number of nitrogen functional groups attached to an aromatic ring is 1. The molecule has 0 aliphatic carbocycles. The first-order valence-corrected chi connectivity index (χ1v) is 5.75. The molecule has 0 radical (unpaired) electrons. The van der Waals surface area contributed by atoms with E-state index in [1.165, 1.54) is 0 Å². The van der Waals surface area contributed by atoms with E-state index in [0.29, 0.717) is 12.2 Å². The highest BCUT2D eigenvalue weighted by Gasteiger charge is 2.24. The highest BCUT2D eigenvalue weighted by molar-refractivity contribution is 6.01. The second-order valence-electron chi connectivity index (χ2n) is 4.55. The van der Waals surface area contributed by atoms with Crippen molar-refractivity contribution in [1.82, 2.24) is 9.78 Å². The van der Waals surface area contributed by atoms with Gasteiger partial charge in [-0.3, -0.25) is 9.48 Å². The van der Waals surface area contributed by atoms with Gasteiger partial charge in [-0.25, -0.2) is 0 Å². The number of rotatable bonds is 1. The van der Waals surface area contributed by atoms with Crippen molar-refractivity contribution in [2.75, 3.05) is 17.7 Å². The lowest BCUT2D eigenvalue weighted by Crippen LogP contribution is -2.20. The Morgan fingerprint density at radius 3 is 2.72 bits per heavy atom. The standard InChI is InChI=1S/C13H14N4O/c1-16-11-5-8(3-4-9(11)6-13(16)18)10-7-12(14)17(2)15-10/h3-5,7H,6,14H2,1-2H3. The molecule has 2 N–H and O–H groups in total. The number of amides is 1. The van der Waals surface area contributed by atoms with Crippen molar-refractivity contribution in [3.63, 3.8) is 0 Å². The quantitative estimate of drug-likeness (QED) is 0.817. The molecular weight excluding hydrogens is 228 g/mol. The van der Waals surface area contributed by atoms with Gasteiger partial charge in [0.1, 0.15) is 5.82 Å². The Kier molecular flexibility index (Phi) is 2.16. The Morgan fingerprint density at radius 1 is 1.28 bits per heavy atom. The van der Waals surface area contributed by atoms with E-state index in [9.17, 15) is 4.79 Å². The van der Waals surface area contributed by atoms with Crippen LogP contribution in [0.2, 0.25) is 0 Å². The zero-order chi connectivity index (χ0) is 12.9. The van der Waals surface area contributed by atoms with E-state index in [1.54, 1.807) is 16.6 Å². The summed E-state index contributed by atoms with van der Waals surface area (Å²) in [5.41, 5.74) is 9.60. The van der Waals surface area contributed by atoms with Gasteiger partial charge >= 0.3 is 0 Å². The maximum Gasteiger partial charge on any atom is 0.231 e. The van der Waals surface area contributed by atoms with E-state index in [4.69, 9.17) is 5.73 Å². The zero-order valence-corrected chi connectivity index (χ0v) is 10.3. The number of hydrogen-bond donors (Lipinski definition) is 1. The number of hydrogen-bond acceptors (Lipinski definition) is 3. The van der Waals surface area contributed by atoms with E-state index < -0.39 is 0 Å². The molecule has 1 aromatic heterocycles. The lowest BCUT2D eigenvalue weighted by molar-refractivity contribution is -0.117. The summed E-state index contributed by atoms with van der Waals surface area (Å²) in [6.07, 6.45) is 0.483. The summed E-state index contributed by atoms with van der Waals surface area (Å²) in [5, 5.41) is 4.34. The molecule has 2 aromatic rings. The molecule has 1 aliphatic heterocycles. The van der Waals surface area contributed by atoms with Crippen molar-refractivity contribution < 1.29 is 4.79 Å². The average molecular weight is 242 g/mol. The van der Waals surface area contributed by atoms with Crippen molar-refractivity contribution in [3.05, 3.63) is 29.8 Å². The highest BCUT2D eigenvalue weighted by atomic mass is 16.2. The molecule has 92 valence electrons. The number of anilines is 2. The second-order valence-corrected chi connectivity index (χ2v) is 4.55. The van der Waals surface area contributed by atoms with Crippen molar-refractivity contribution in [2.45, 2.75) is 6.42 Å². The predicted molar refractivity (Wildman–Crippen MR) is 70.2 cm³/mol. The first-order chi connectivity index (χ1) is 8.56. The summed E-state index contributed by atoms with van der Waals surface area (Å²) < 4.78 is 1.64. The fraction of sp³-hybridized carbons (Fsp3) is 0.231. The predicted octanol–water partition coefficient (Wildman–Crippen LogP) is 1.19. The molecule has 0 spiro atoms. The summed E-state index contributed by atoms with van der Waals surface area (Å²) in [6, 6.07) is 7.78. The minimum absolute atomic E-state index is 0.127. The van der Waals surface area contributed by atoms with E-state index in [0.717, 1.165) is 22.5 Å². The van der Waals surface area contributed by atoms with Crippen LogP contribution in [0.4, 0.5) is 11.5 Å². The van der Waals surface area contributed by atoms with Gasteiger partial charge < -0.3 is 10.6 Å². The van der Waals surface area contributed by atoms with Crippen LogP contribution in [0.1, 0.15) is 5.56 Å². The van der Waals surface area contributed by atoms with Crippen LogP contribution >= 0.6 is 0 Å². The van der Waals surface area contributed by atoms with Crippen LogP contribution in [-0.2, 0) is 18.3 Å². The molecule has 1 aromatic carbocycles. The summed E-state index contributed by atoms with van der Waals surface area (Å²) in [7, 11) is 3.60. The first kappa shape index (κ1) is 10.8. The molecule has 0 bridgehead atoms. The molecule has 1 amide bonds. The number of nitrogens with zero attached hydrogens (tertiary/aromatic N) is 3. The minimum Gasteiger partial charge on any atom is -0.384 e. The summed E-state index contributed by atoms with van der Waals surface area (Å²) in [4.78, 5) is 13.3. The molecule has 0 saturated carbocycles. The lowest BCUT2D eigenvalue weighted by Gasteiger charge is -2.10. The van der Waals surface area contributed by atoms with E-state index in [2.05, 4.69) is 5.10 Å². The van der Waals surface area contributed by atoms with Gasteiger partial charge in [0.2, 0.25) is 5.91 Å². The Hall–Kier alpha value is -2.30. The van der Waals surface area contributed by atoms with Gasteiger partial charge in [0, 0.05) is 31.4 Å². The van der Waals surface area contributed by atoms with Crippen LogP contribution in [0, 0.1) is 0 Å². The summed E-state index contributed by atoms with van der Waals surface area (Å²) in [5.74, 6) is 0.748. The van der Waals surface area contributed by atoms with Gasteiger partial charge in [0.05, 0.1) is 12.1 Å². The third-order valence-electron chi connectivity index (χ3n) is 3.37. The zero-order valence-electron chi connectivity index (χ0n) is 10.3. The third-order valence-corrected chi connectivity index (χ3v) is 3.37. The lowest BCUT2D eigenvalue weighted by atomic mass is 10.1. The molecule has 0 saturated heterocycles.